The van der Waals surface area contributed by atoms with Crippen molar-refractivity contribution in [3.05, 3.63) is 24.3 Å². The second-order valence-corrected chi connectivity index (χ2v) is 34.6. The molecule has 0 aromatic rings. The van der Waals surface area contributed by atoms with Gasteiger partial charge in [0.05, 0.1) is 50.7 Å². The molecule has 0 saturated carbocycles. The highest BCUT2D eigenvalue weighted by atomic mass is 16.8. The van der Waals surface area contributed by atoms with Crippen LogP contribution >= 0.6 is 0 Å². The zero-order chi connectivity index (χ0) is 84.5. The number of amides is 2. The lowest BCUT2D eigenvalue weighted by molar-refractivity contribution is -0.386. The van der Waals surface area contributed by atoms with Crippen LogP contribution in [0.2, 0.25) is 0 Å². The van der Waals surface area contributed by atoms with Gasteiger partial charge in [-0.15, -0.1) is 0 Å². The van der Waals surface area contributed by atoms with Crippen molar-refractivity contribution in [1.29, 1.82) is 0 Å². The quantitative estimate of drug-likeness (QED) is 0.0199. The molecular formula is C93H174N2O21. The third kappa shape index (κ3) is 48.3. The smallest absolute Gasteiger partial charge is 0.364 e. The molecule has 0 aliphatic carbocycles. The molecule has 0 aromatic heterocycles. The molecule has 3 heterocycles. The molecule has 3 rings (SSSR count). The van der Waals surface area contributed by atoms with Gasteiger partial charge in [-0.2, -0.15) is 0 Å². The lowest BCUT2D eigenvalue weighted by atomic mass is 9.88. The summed E-state index contributed by atoms with van der Waals surface area (Å²) in [7, 11) is 0. The predicted molar refractivity (Wildman–Crippen MR) is 458 cm³/mol. The Balaban J connectivity index is 1.40. The first-order valence-corrected chi connectivity index (χ1v) is 47.7. The highest BCUT2D eigenvalue weighted by Gasteiger charge is 2.60. The van der Waals surface area contributed by atoms with Gasteiger partial charge in [-0.1, -0.05) is 372 Å². The number of carbonyl (C=O) groups excluding carboxylic acids is 2. The Morgan fingerprint density at radius 3 is 1.21 bits per heavy atom. The Kier molecular flexibility index (Phi) is 65.4. The van der Waals surface area contributed by atoms with Crippen molar-refractivity contribution < 1.29 is 104 Å². The molecule has 116 heavy (non-hydrogen) atoms. The van der Waals surface area contributed by atoms with Gasteiger partial charge in [0, 0.05) is 19.8 Å². The van der Waals surface area contributed by atoms with Crippen LogP contribution in [0.25, 0.3) is 0 Å². The lowest BCUT2D eigenvalue weighted by Crippen LogP contribution is -2.70. The second kappa shape index (κ2) is 70.6. The molecular weight excluding hydrogens is 1480 g/mol. The van der Waals surface area contributed by atoms with Gasteiger partial charge in [-0.3, -0.25) is 9.59 Å². The van der Waals surface area contributed by atoms with Crippen molar-refractivity contribution >= 4 is 17.8 Å². The van der Waals surface area contributed by atoms with Gasteiger partial charge in [0.1, 0.15) is 67.1 Å². The van der Waals surface area contributed by atoms with Crippen LogP contribution in [0.5, 0.6) is 0 Å². The van der Waals surface area contributed by atoms with Crippen molar-refractivity contribution in [3.8, 4) is 0 Å². The van der Waals surface area contributed by atoms with Crippen LogP contribution in [0, 0.1) is 0 Å². The van der Waals surface area contributed by atoms with Crippen molar-refractivity contribution in [2.24, 2.45) is 0 Å². The normalized spacial score (nSPS) is 25.0. The molecule has 23 nitrogen and oxygen atoms in total. The molecule has 23 heteroatoms. The summed E-state index contributed by atoms with van der Waals surface area (Å²) in [6.07, 6.45) is 54.8. The number of carbonyl (C=O) groups is 3. The minimum atomic E-state index is -3.08. The summed E-state index contributed by atoms with van der Waals surface area (Å²) in [6, 6.07) is -2.53. The number of aliphatic carboxylic acids is 1. The fourth-order valence-corrected chi connectivity index (χ4v) is 16.7. The molecule has 3 fully saturated rings. The Hall–Kier alpha value is -2.79. The molecule has 682 valence electrons. The summed E-state index contributed by atoms with van der Waals surface area (Å²) in [4.78, 5) is 38.8. The maximum atomic E-state index is 13.6. The lowest BCUT2D eigenvalue weighted by Gasteiger charge is -2.50. The minimum Gasteiger partial charge on any atom is -0.477 e. The third-order valence-electron chi connectivity index (χ3n) is 24.2. The number of unbranched alkanes of at least 4 members (excludes halogenated alkanes) is 54. The average molecular weight is 1660 g/mol. The summed E-state index contributed by atoms with van der Waals surface area (Å²) in [6.45, 7) is 2.29. The molecule has 0 radical (unpaired) electrons. The molecule has 2 amide bonds. The molecule has 3 aliphatic heterocycles. The monoisotopic (exact) mass is 1660 g/mol. The van der Waals surface area contributed by atoms with E-state index in [0.29, 0.717) is 19.3 Å². The number of hydrogen-bond donors (Lipinski definition) is 14. The number of hydrogen-bond acceptors (Lipinski definition) is 20. The number of carboxylic acid groups (broad SMARTS) is 1. The number of nitrogens with one attached hydrogen (secondary N) is 2. The Labute approximate surface area is 702 Å². The first-order chi connectivity index (χ1) is 56.4. The van der Waals surface area contributed by atoms with E-state index < -0.39 is 148 Å². The maximum absolute atomic E-state index is 13.6. The molecule has 18 atom stereocenters. The summed E-state index contributed by atoms with van der Waals surface area (Å²) in [5.41, 5.74) is 0. The van der Waals surface area contributed by atoms with Crippen LogP contribution in [-0.2, 0) is 42.8 Å². The summed E-state index contributed by atoms with van der Waals surface area (Å²) in [5.74, 6) is -6.09. The Morgan fingerprint density at radius 1 is 0.448 bits per heavy atom. The average Bonchev–Trinajstić information content (AvgIpc) is 0.751. The van der Waals surface area contributed by atoms with E-state index in [1.54, 1.807) is 0 Å². The maximum Gasteiger partial charge on any atom is 0.364 e. The van der Waals surface area contributed by atoms with Crippen LogP contribution in [0.3, 0.4) is 0 Å². The van der Waals surface area contributed by atoms with Gasteiger partial charge in [0.2, 0.25) is 11.8 Å². The van der Waals surface area contributed by atoms with E-state index in [-0.39, 0.29) is 18.9 Å². The summed E-state index contributed by atoms with van der Waals surface area (Å²) in [5, 5.41) is 137. The second-order valence-electron chi connectivity index (χ2n) is 34.6. The number of carboxylic acids is 1. The molecule has 0 bridgehead atoms. The third-order valence-corrected chi connectivity index (χ3v) is 24.2. The fourth-order valence-electron chi connectivity index (χ4n) is 16.7. The first-order valence-electron chi connectivity index (χ1n) is 47.7. The molecule has 18 unspecified atom stereocenters. The van der Waals surface area contributed by atoms with Gasteiger partial charge in [-0.05, 0) is 44.9 Å². The topological polar surface area (TPSA) is 373 Å². The highest BCUT2D eigenvalue weighted by molar-refractivity contribution is 5.77. The SMILES string of the molecule is CCCCCCCCCCCCCCCCC/C=C\C/C=C\CCCCCCCCCCCCCCCCCCCC(=O)NC(COC1OC(CO)C(OC2OC(CO)C(O)C(OC3(C(=O)O)CC(O)C(NC(C)=O)C(C(O)C(O)CO)O3)C2O)C(O)C1O)C(O)CCCCCCCCCCCCCCCCCCCCCCCCC. The van der Waals surface area contributed by atoms with Crippen LogP contribution in [-0.4, -0.2) is 215 Å². The zero-order valence-electron chi connectivity index (χ0n) is 73.1. The van der Waals surface area contributed by atoms with E-state index in [4.69, 9.17) is 28.4 Å². The number of aliphatic hydroxyl groups is 11. The van der Waals surface area contributed by atoms with E-state index in [1.165, 1.54) is 302 Å². The Morgan fingerprint density at radius 2 is 0.828 bits per heavy atom. The van der Waals surface area contributed by atoms with E-state index in [9.17, 15) is 75.7 Å². The van der Waals surface area contributed by atoms with Gasteiger partial charge < -0.3 is 100 Å². The number of rotatable bonds is 78. The zero-order valence-corrected chi connectivity index (χ0v) is 73.1. The summed E-state index contributed by atoms with van der Waals surface area (Å²) < 4.78 is 35.1. The standard InChI is InChI=1S/C93H174N2O21/c1-4-6-8-10-12-14-16-18-20-22-24-26-28-29-30-31-32-33-34-35-36-37-38-39-40-41-42-43-45-47-49-51-53-55-57-59-61-63-65-67-80(103)95-74(75(100)66-64-62-60-58-56-54-52-50-48-46-44-27-25-23-21-19-17-15-13-11-9-7-5-2)72-111-90-85(107)84(106)87(79(71-98)113-90)114-91-86(108)89(83(105)78(70-97)112-91)116-93(92(109)110)68-76(101)81(94-73(3)99)88(115-93)82(104)77(102)69-96/h32-33,35-36,74-79,81-91,96-98,100-102,104-108H,4-31,34,37-72H2,1-3H3,(H,94,99)(H,95,103)(H,109,110)/b33-32-,36-35-. The predicted octanol–water partition coefficient (Wildman–Crippen LogP) is 16.2. The van der Waals surface area contributed by atoms with Crippen molar-refractivity contribution in [2.75, 3.05) is 26.4 Å². The van der Waals surface area contributed by atoms with Gasteiger partial charge in [0.15, 0.2) is 12.6 Å². The van der Waals surface area contributed by atoms with E-state index in [2.05, 4.69) is 48.8 Å². The van der Waals surface area contributed by atoms with Gasteiger partial charge >= 0.3 is 5.97 Å². The van der Waals surface area contributed by atoms with Crippen LogP contribution < -0.4 is 10.6 Å². The highest BCUT2D eigenvalue weighted by Crippen LogP contribution is 2.39. The van der Waals surface area contributed by atoms with Gasteiger partial charge in [0.25, 0.3) is 5.79 Å². The minimum absolute atomic E-state index is 0.226. The molecule has 0 aromatic carbocycles. The molecule has 3 saturated heterocycles. The van der Waals surface area contributed by atoms with Crippen molar-refractivity contribution in [1.82, 2.24) is 10.6 Å². The van der Waals surface area contributed by atoms with Crippen LogP contribution in [0.1, 0.15) is 412 Å². The molecule has 0 spiro atoms. The largest absolute Gasteiger partial charge is 0.477 e. The molecule has 14 N–H and O–H groups in total. The number of ether oxygens (including phenoxy) is 6. The number of aliphatic hydroxyl groups excluding tert-OH is 11. The first kappa shape index (κ1) is 107. The van der Waals surface area contributed by atoms with E-state index >= 15 is 0 Å². The van der Waals surface area contributed by atoms with E-state index in [1.807, 2.05) is 0 Å². The van der Waals surface area contributed by atoms with Crippen molar-refractivity contribution in [2.45, 2.75) is 522 Å². The van der Waals surface area contributed by atoms with Crippen LogP contribution in [0.15, 0.2) is 24.3 Å². The van der Waals surface area contributed by atoms with Gasteiger partial charge in [-0.25, -0.2) is 4.79 Å². The van der Waals surface area contributed by atoms with Crippen LogP contribution in [0.4, 0.5) is 0 Å². The van der Waals surface area contributed by atoms with E-state index in [0.717, 1.165) is 64.7 Å². The Bertz CT molecular complexity index is 2380. The fraction of sp³-hybridized carbons (Fsp3) is 0.925. The molecule has 3 aliphatic rings. The summed E-state index contributed by atoms with van der Waals surface area (Å²) >= 11 is 0. The number of allylic oxidation sites excluding steroid dienone is 4. The van der Waals surface area contributed by atoms with Crippen molar-refractivity contribution in [3.63, 3.8) is 0 Å².